The van der Waals surface area contributed by atoms with Crippen LogP contribution in [0.4, 0.5) is 5.69 Å². The van der Waals surface area contributed by atoms with Crippen LogP contribution in [0.3, 0.4) is 0 Å². The number of aromatic amines is 1. The van der Waals surface area contributed by atoms with Gasteiger partial charge in [0.1, 0.15) is 5.82 Å². The molecular weight excluding hydrogens is 326 g/mol. The number of carbonyl (C=O) groups excluding carboxylic acids is 1. The van der Waals surface area contributed by atoms with Gasteiger partial charge in [0.05, 0.1) is 6.04 Å². The number of rotatable bonds is 5. The number of likely N-dealkylation sites (tertiary alicyclic amines) is 1. The Morgan fingerprint density at radius 1 is 1.27 bits per heavy atom. The SMILES string of the molecule is Cc1nc(C2CCCN2CCC(=O)Nc2cccc3ccccc23)n[nH]1. The van der Waals surface area contributed by atoms with Crippen LogP contribution in [0.25, 0.3) is 10.8 Å². The zero-order valence-electron chi connectivity index (χ0n) is 14.9. The highest BCUT2D eigenvalue weighted by Crippen LogP contribution is 2.30. The van der Waals surface area contributed by atoms with Crippen molar-refractivity contribution in [3.05, 3.63) is 54.1 Å². The van der Waals surface area contributed by atoms with Gasteiger partial charge in [0.2, 0.25) is 5.91 Å². The molecule has 134 valence electrons. The van der Waals surface area contributed by atoms with Crippen molar-refractivity contribution < 1.29 is 4.79 Å². The summed E-state index contributed by atoms with van der Waals surface area (Å²) in [5.41, 5.74) is 0.871. The third kappa shape index (κ3) is 3.46. The quantitative estimate of drug-likeness (QED) is 0.740. The van der Waals surface area contributed by atoms with Gasteiger partial charge in [-0.1, -0.05) is 36.4 Å². The molecule has 0 bridgehead atoms. The molecular formula is C20H23N5O. The van der Waals surface area contributed by atoms with E-state index in [2.05, 4.69) is 37.5 Å². The lowest BCUT2D eigenvalue weighted by molar-refractivity contribution is -0.116. The number of H-pyrrole nitrogens is 1. The van der Waals surface area contributed by atoms with Gasteiger partial charge in [-0.3, -0.25) is 14.8 Å². The number of amides is 1. The van der Waals surface area contributed by atoms with Crippen LogP contribution in [0, 0.1) is 6.92 Å². The number of hydrogen-bond donors (Lipinski definition) is 2. The predicted molar refractivity (Wildman–Crippen MR) is 102 cm³/mol. The number of nitrogens with zero attached hydrogens (tertiary/aromatic N) is 3. The fraction of sp³-hybridized carbons (Fsp3) is 0.350. The summed E-state index contributed by atoms with van der Waals surface area (Å²) in [4.78, 5) is 19.3. The smallest absolute Gasteiger partial charge is 0.225 e. The molecule has 1 fully saturated rings. The largest absolute Gasteiger partial charge is 0.325 e. The van der Waals surface area contributed by atoms with Crippen LogP contribution >= 0.6 is 0 Å². The summed E-state index contributed by atoms with van der Waals surface area (Å²) in [5, 5.41) is 12.5. The van der Waals surface area contributed by atoms with Gasteiger partial charge < -0.3 is 5.32 Å². The number of nitrogens with one attached hydrogen (secondary N) is 2. The summed E-state index contributed by atoms with van der Waals surface area (Å²) in [6.45, 7) is 3.61. The van der Waals surface area contributed by atoms with Gasteiger partial charge >= 0.3 is 0 Å². The van der Waals surface area contributed by atoms with Gasteiger partial charge in [-0.15, -0.1) is 0 Å². The minimum absolute atomic E-state index is 0.0400. The van der Waals surface area contributed by atoms with Gasteiger partial charge in [-0.25, -0.2) is 4.98 Å². The Morgan fingerprint density at radius 3 is 2.96 bits per heavy atom. The first-order valence-electron chi connectivity index (χ1n) is 9.11. The van der Waals surface area contributed by atoms with Gasteiger partial charge in [0, 0.05) is 24.0 Å². The molecule has 1 unspecified atom stereocenters. The Labute approximate surface area is 152 Å². The van der Waals surface area contributed by atoms with Gasteiger partial charge in [-0.2, -0.15) is 5.10 Å². The molecule has 0 spiro atoms. The molecule has 4 rings (SSSR count). The zero-order chi connectivity index (χ0) is 17.9. The Hall–Kier alpha value is -2.73. The van der Waals surface area contributed by atoms with Crippen molar-refractivity contribution in [2.75, 3.05) is 18.4 Å². The number of fused-ring (bicyclic) bond motifs is 1. The van der Waals surface area contributed by atoms with E-state index in [1.165, 1.54) is 0 Å². The number of hydrogen-bond acceptors (Lipinski definition) is 4. The molecule has 1 aliphatic heterocycles. The van der Waals surface area contributed by atoms with E-state index >= 15 is 0 Å². The molecule has 2 aromatic carbocycles. The third-order valence-electron chi connectivity index (χ3n) is 4.97. The van der Waals surface area contributed by atoms with Crippen LogP contribution in [0.5, 0.6) is 0 Å². The van der Waals surface area contributed by atoms with E-state index < -0.39 is 0 Å². The van der Waals surface area contributed by atoms with Gasteiger partial charge in [0.25, 0.3) is 0 Å². The van der Waals surface area contributed by atoms with Crippen molar-refractivity contribution in [1.29, 1.82) is 0 Å². The number of aromatic nitrogens is 3. The molecule has 1 amide bonds. The van der Waals surface area contributed by atoms with Crippen LogP contribution in [0.2, 0.25) is 0 Å². The van der Waals surface area contributed by atoms with Crippen LogP contribution < -0.4 is 5.32 Å². The van der Waals surface area contributed by atoms with Crippen LogP contribution in [0.15, 0.2) is 42.5 Å². The normalized spacial score (nSPS) is 17.7. The second kappa shape index (κ2) is 7.25. The lowest BCUT2D eigenvalue weighted by Crippen LogP contribution is -2.28. The van der Waals surface area contributed by atoms with Crippen molar-refractivity contribution in [2.24, 2.45) is 0 Å². The topological polar surface area (TPSA) is 73.9 Å². The van der Waals surface area contributed by atoms with Crippen LogP contribution in [0.1, 0.15) is 37.0 Å². The first-order chi connectivity index (χ1) is 12.7. The molecule has 3 aromatic rings. The van der Waals surface area contributed by atoms with E-state index in [4.69, 9.17) is 0 Å². The molecule has 6 heteroatoms. The molecule has 1 aliphatic rings. The van der Waals surface area contributed by atoms with Crippen molar-refractivity contribution in [1.82, 2.24) is 20.1 Å². The van der Waals surface area contributed by atoms with Crippen molar-refractivity contribution in [3.8, 4) is 0 Å². The van der Waals surface area contributed by atoms with Gasteiger partial charge in [0.15, 0.2) is 5.82 Å². The Kier molecular flexibility index (Phi) is 4.67. The molecule has 26 heavy (non-hydrogen) atoms. The molecule has 1 saturated heterocycles. The molecule has 0 radical (unpaired) electrons. The monoisotopic (exact) mass is 349 g/mol. The van der Waals surface area contributed by atoms with Crippen LogP contribution in [-0.2, 0) is 4.79 Å². The Bertz CT molecular complexity index is 914. The van der Waals surface area contributed by atoms with E-state index in [-0.39, 0.29) is 11.9 Å². The highest BCUT2D eigenvalue weighted by Gasteiger charge is 2.29. The fourth-order valence-electron chi connectivity index (χ4n) is 3.69. The average Bonchev–Trinajstić information content (AvgIpc) is 3.29. The highest BCUT2D eigenvalue weighted by atomic mass is 16.1. The molecule has 2 heterocycles. The summed E-state index contributed by atoms with van der Waals surface area (Å²) in [6, 6.07) is 14.3. The third-order valence-corrected chi connectivity index (χ3v) is 4.97. The summed E-state index contributed by atoms with van der Waals surface area (Å²) >= 11 is 0. The molecule has 0 saturated carbocycles. The molecule has 2 N–H and O–H groups in total. The lowest BCUT2D eigenvalue weighted by atomic mass is 10.1. The minimum Gasteiger partial charge on any atom is -0.325 e. The van der Waals surface area contributed by atoms with E-state index in [0.29, 0.717) is 6.42 Å². The second-order valence-corrected chi connectivity index (χ2v) is 6.80. The standard InChI is InChI=1S/C20H23N5O/c1-14-21-20(24-23-14)18-10-5-12-25(18)13-11-19(26)22-17-9-4-7-15-6-2-3-8-16(15)17/h2-4,6-9,18H,5,10-13H2,1H3,(H,22,26)(H,21,23,24). The number of benzene rings is 2. The van der Waals surface area contributed by atoms with Crippen LogP contribution in [-0.4, -0.2) is 39.1 Å². The van der Waals surface area contributed by atoms with E-state index in [9.17, 15) is 4.79 Å². The minimum atomic E-state index is 0.0400. The van der Waals surface area contributed by atoms with Crippen molar-refractivity contribution in [3.63, 3.8) is 0 Å². The summed E-state index contributed by atoms with van der Waals surface area (Å²) in [7, 11) is 0. The Morgan fingerprint density at radius 2 is 2.12 bits per heavy atom. The molecule has 1 aromatic heterocycles. The van der Waals surface area contributed by atoms with E-state index in [1.807, 2.05) is 37.3 Å². The summed E-state index contributed by atoms with van der Waals surface area (Å²) in [5.74, 6) is 1.72. The van der Waals surface area contributed by atoms with Crippen molar-refractivity contribution >= 4 is 22.4 Å². The van der Waals surface area contributed by atoms with E-state index in [0.717, 1.165) is 54.0 Å². The summed E-state index contributed by atoms with van der Waals surface area (Å²) in [6.07, 6.45) is 2.62. The zero-order valence-corrected chi connectivity index (χ0v) is 14.9. The number of aryl methyl sites for hydroxylation is 1. The number of anilines is 1. The first kappa shape index (κ1) is 16.7. The second-order valence-electron chi connectivity index (χ2n) is 6.80. The highest BCUT2D eigenvalue weighted by molar-refractivity contribution is 6.02. The fourth-order valence-corrected chi connectivity index (χ4v) is 3.69. The Balaban J connectivity index is 1.39. The maximum atomic E-state index is 12.5. The maximum Gasteiger partial charge on any atom is 0.225 e. The van der Waals surface area contributed by atoms with Gasteiger partial charge in [-0.05, 0) is 37.8 Å². The lowest BCUT2D eigenvalue weighted by Gasteiger charge is -2.21. The molecule has 0 aliphatic carbocycles. The van der Waals surface area contributed by atoms with Crippen molar-refractivity contribution in [2.45, 2.75) is 32.2 Å². The predicted octanol–water partition coefficient (Wildman–Crippen LogP) is 3.43. The first-order valence-corrected chi connectivity index (χ1v) is 9.11. The summed E-state index contributed by atoms with van der Waals surface area (Å²) < 4.78 is 0. The number of carbonyl (C=O) groups is 1. The molecule has 1 atom stereocenters. The molecule has 6 nitrogen and oxygen atoms in total. The average molecular weight is 349 g/mol. The maximum absolute atomic E-state index is 12.5. The van der Waals surface area contributed by atoms with E-state index in [1.54, 1.807) is 0 Å².